The summed E-state index contributed by atoms with van der Waals surface area (Å²) in [6.07, 6.45) is 0.154. The zero-order chi connectivity index (χ0) is 13.8. The SMILES string of the molecule is C=C(C)COC1=NOC(c2ccccc2C(N)=O)C1. The molecule has 1 amide bonds. The third kappa shape index (κ3) is 3.13. The number of ether oxygens (including phenoxy) is 1. The molecule has 0 bridgehead atoms. The molecule has 1 unspecified atom stereocenters. The molecule has 2 rings (SSSR count). The first-order chi connectivity index (χ1) is 9.08. The summed E-state index contributed by atoms with van der Waals surface area (Å²) in [5.74, 6) is 0.0303. The van der Waals surface area contributed by atoms with Gasteiger partial charge < -0.3 is 15.3 Å². The average Bonchev–Trinajstić information content (AvgIpc) is 2.85. The third-order valence-corrected chi connectivity index (χ3v) is 2.70. The van der Waals surface area contributed by atoms with Crippen molar-refractivity contribution in [3.05, 3.63) is 47.5 Å². The van der Waals surface area contributed by atoms with E-state index < -0.39 is 5.91 Å². The van der Waals surface area contributed by atoms with Crippen LogP contribution in [0.2, 0.25) is 0 Å². The molecule has 2 N–H and O–H groups in total. The van der Waals surface area contributed by atoms with Gasteiger partial charge in [-0.1, -0.05) is 29.9 Å². The van der Waals surface area contributed by atoms with Gasteiger partial charge in [0.05, 0.1) is 6.42 Å². The Morgan fingerprint density at radius 3 is 3.00 bits per heavy atom. The van der Waals surface area contributed by atoms with Crippen LogP contribution < -0.4 is 5.73 Å². The molecule has 1 aliphatic rings. The van der Waals surface area contributed by atoms with E-state index in [2.05, 4.69) is 11.7 Å². The minimum Gasteiger partial charge on any atom is -0.474 e. The minimum atomic E-state index is -0.476. The molecule has 19 heavy (non-hydrogen) atoms. The number of rotatable bonds is 4. The Morgan fingerprint density at radius 1 is 1.58 bits per heavy atom. The van der Waals surface area contributed by atoms with Crippen LogP contribution in [0.4, 0.5) is 0 Å². The molecule has 0 saturated carbocycles. The molecule has 1 atom stereocenters. The third-order valence-electron chi connectivity index (χ3n) is 2.70. The Bertz CT molecular complexity index is 537. The van der Waals surface area contributed by atoms with E-state index in [-0.39, 0.29) is 6.10 Å². The Labute approximate surface area is 111 Å². The van der Waals surface area contributed by atoms with Gasteiger partial charge in [0.15, 0.2) is 6.10 Å². The first-order valence-electron chi connectivity index (χ1n) is 5.96. The maximum absolute atomic E-state index is 11.4. The van der Waals surface area contributed by atoms with E-state index in [1.54, 1.807) is 12.1 Å². The van der Waals surface area contributed by atoms with E-state index in [0.29, 0.717) is 24.5 Å². The van der Waals surface area contributed by atoms with Crippen molar-refractivity contribution in [2.24, 2.45) is 10.9 Å². The average molecular weight is 260 g/mol. The number of carbonyl (C=O) groups is 1. The number of benzene rings is 1. The predicted octanol–water partition coefficient (Wildman–Crippen LogP) is 2.15. The lowest BCUT2D eigenvalue weighted by atomic mass is 10.00. The summed E-state index contributed by atoms with van der Waals surface area (Å²) in [7, 11) is 0. The van der Waals surface area contributed by atoms with Gasteiger partial charge in [-0.15, -0.1) is 0 Å². The first-order valence-corrected chi connectivity index (χ1v) is 5.96. The van der Waals surface area contributed by atoms with Crippen LogP contribution in [0.15, 0.2) is 41.6 Å². The number of hydrogen-bond acceptors (Lipinski definition) is 4. The zero-order valence-electron chi connectivity index (χ0n) is 10.8. The van der Waals surface area contributed by atoms with Gasteiger partial charge in [-0.2, -0.15) is 0 Å². The summed E-state index contributed by atoms with van der Waals surface area (Å²) in [5.41, 5.74) is 7.42. The molecule has 0 radical (unpaired) electrons. The van der Waals surface area contributed by atoms with Crippen molar-refractivity contribution in [2.75, 3.05) is 6.61 Å². The van der Waals surface area contributed by atoms with Gasteiger partial charge in [-0.05, 0) is 18.6 Å². The van der Waals surface area contributed by atoms with E-state index >= 15 is 0 Å². The second-order valence-electron chi connectivity index (χ2n) is 4.48. The normalized spacial score (nSPS) is 17.5. The molecule has 0 saturated heterocycles. The van der Waals surface area contributed by atoms with E-state index in [9.17, 15) is 4.79 Å². The van der Waals surface area contributed by atoms with Crippen LogP contribution in [0.25, 0.3) is 0 Å². The molecule has 100 valence electrons. The monoisotopic (exact) mass is 260 g/mol. The summed E-state index contributed by atoms with van der Waals surface area (Å²) in [5, 5.41) is 3.87. The van der Waals surface area contributed by atoms with Crippen molar-refractivity contribution in [3.8, 4) is 0 Å². The van der Waals surface area contributed by atoms with Gasteiger partial charge in [-0.3, -0.25) is 4.79 Å². The van der Waals surface area contributed by atoms with Crippen molar-refractivity contribution in [2.45, 2.75) is 19.4 Å². The Hall–Kier alpha value is -2.30. The number of amides is 1. The summed E-state index contributed by atoms with van der Waals surface area (Å²) in [4.78, 5) is 16.7. The largest absolute Gasteiger partial charge is 0.474 e. The number of carbonyl (C=O) groups excluding carboxylic acids is 1. The molecule has 1 aromatic carbocycles. The quantitative estimate of drug-likeness (QED) is 0.843. The van der Waals surface area contributed by atoms with Gasteiger partial charge in [0.2, 0.25) is 11.8 Å². The van der Waals surface area contributed by atoms with Crippen molar-refractivity contribution >= 4 is 11.8 Å². The zero-order valence-corrected chi connectivity index (χ0v) is 10.8. The Balaban J connectivity index is 2.06. The summed E-state index contributed by atoms with van der Waals surface area (Å²) in [6, 6.07) is 7.07. The fourth-order valence-corrected chi connectivity index (χ4v) is 1.82. The van der Waals surface area contributed by atoms with Crippen molar-refractivity contribution < 1.29 is 14.4 Å². The molecule has 0 spiro atoms. The summed E-state index contributed by atoms with van der Waals surface area (Å²) >= 11 is 0. The van der Waals surface area contributed by atoms with E-state index in [4.69, 9.17) is 15.3 Å². The van der Waals surface area contributed by atoms with Crippen LogP contribution in [-0.4, -0.2) is 18.4 Å². The molecular weight excluding hydrogens is 244 g/mol. The van der Waals surface area contributed by atoms with E-state index in [1.165, 1.54) is 0 Å². The summed E-state index contributed by atoms with van der Waals surface area (Å²) in [6.45, 7) is 6.03. The number of oxime groups is 1. The van der Waals surface area contributed by atoms with Crippen LogP contribution in [0.3, 0.4) is 0 Å². The highest BCUT2D eigenvalue weighted by molar-refractivity contribution is 5.94. The Morgan fingerprint density at radius 2 is 2.32 bits per heavy atom. The van der Waals surface area contributed by atoms with E-state index in [1.807, 2.05) is 19.1 Å². The summed E-state index contributed by atoms with van der Waals surface area (Å²) < 4.78 is 5.43. The molecule has 5 heteroatoms. The molecular formula is C14H16N2O3. The Kier molecular flexibility index (Phi) is 3.85. The number of nitrogens with zero attached hydrogens (tertiary/aromatic N) is 1. The van der Waals surface area contributed by atoms with Crippen LogP contribution in [0, 0.1) is 0 Å². The first kappa shape index (κ1) is 13.1. The molecule has 1 aromatic rings. The number of hydrogen-bond donors (Lipinski definition) is 1. The maximum Gasteiger partial charge on any atom is 0.249 e. The highest BCUT2D eigenvalue weighted by atomic mass is 16.7. The van der Waals surface area contributed by atoms with Crippen LogP contribution >= 0.6 is 0 Å². The molecule has 0 aromatic heterocycles. The second kappa shape index (κ2) is 5.56. The molecule has 0 fully saturated rings. The number of nitrogens with two attached hydrogens (primary N) is 1. The fraction of sp³-hybridized carbons (Fsp3) is 0.286. The topological polar surface area (TPSA) is 73.9 Å². The molecule has 5 nitrogen and oxygen atoms in total. The lowest BCUT2D eigenvalue weighted by Crippen LogP contribution is -2.16. The van der Waals surface area contributed by atoms with Gasteiger partial charge in [0, 0.05) is 11.1 Å². The lowest BCUT2D eigenvalue weighted by Gasteiger charge is -2.11. The predicted molar refractivity (Wildman–Crippen MR) is 71.6 cm³/mol. The molecule has 0 aliphatic carbocycles. The van der Waals surface area contributed by atoms with Gasteiger partial charge in [-0.25, -0.2) is 0 Å². The lowest BCUT2D eigenvalue weighted by molar-refractivity contribution is 0.0827. The van der Waals surface area contributed by atoms with Gasteiger partial charge in [0.25, 0.3) is 0 Å². The van der Waals surface area contributed by atoms with Gasteiger partial charge >= 0.3 is 0 Å². The number of primary amides is 1. The smallest absolute Gasteiger partial charge is 0.249 e. The molecule has 1 heterocycles. The highest BCUT2D eigenvalue weighted by Crippen LogP contribution is 2.29. The van der Waals surface area contributed by atoms with Crippen molar-refractivity contribution in [1.82, 2.24) is 0 Å². The standard InChI is InChI=1S/C14H16N2O3/c1-9(2)8-18-13-7-12(19-16-13)10-5-3-4-6-11(10)14(15)17/h3-6,12H,1,7-8H2,2H3,(H2,15,17). The van der Waals surface area contributed by atoms with Crippen LogP contribution in [0.1, 0.15) is 35.4 Å². The van der Waals surface area contributed by atoms with Crippen LogP contribution in [-0.2, 0) is 9.57 Å². The van der Waals surface area contributed by atoms with E-state index in [0.717, 1.165) is 11.1 Å². The van der Waals surface area contributed by atoms with Crippen molar-refractivity contribution in [3.63, 3.8) is 0 Å². The second-order valence-corrected chi connectivity index (χ2v) is 4.48. The highest BCUT2D eigenvalue weighted by Gasteiger charge is 2.27. The fourth-order valence-electron chi connectivity index (χ4n) is 1.82. The minimum absolute atomic E-state index is 0.330. The maximum atomic E-state index is 11.4. The van der Waals surface area contributed by atoms with Gasteiger partial charge in [0.1, 0.15) is 6.61 Å². The molecule has 1 aliphatic heterocycles. The van der Waals surface area contributed by atoms with Crippen LogP contribution in [0.5, 0.6) is 0 Å². The van der Waals surface area contributed by atoms with Crippen molar-refractivity contribution in [1.29, 1.82) is 0 Å².